The van der Waals surface area contributed by atoms with E-state index < -0.39 is 11.6 Å². The second-order valence-corrected chi connectivity index (χ2v) is 5.29. The van der Waals surface area contributed by atoms with Crippen LogP contribution >= 0.6 is 12.2 Å². The zero-order chi connectivity index (χ0) is 13.3. The molecule has 2 nitrogen and oxygen atoms in total. The lowest BCUT2D eigenvalue weighted by molar-refractivity contribution is 0.514. The monoisotopic (exact) mass is 270 g/mol. The number of benzene rings is 1. The van der Waals surface area contributed by atoms with Crippen LogP contribution in [-0.2, 0) is 6.54 Å². The average molecular weight is 270 g/mol. The molecule has 0 saturated carbocycles. The maximum atomic E-state index is 13.6. The SMILES string of the molecule is CC(C)CCCn1c(=S)[nH]c2c(F)cc(F)cc21. The minimum atomic E-state index is -0.598. The second kappa shape index (κ2) is 5.18. The van der Waals surface area contributed by atoms with Crippen LogP contribution in [0.25, 0.3) is 11.0 Å². The molecular weight excluding hydrogens is 254 g/mol. The van der Waals surface area contributed by atoms with Crippen molar-refractivity contribution in [1.82, 2.24) is 9.55 Å². The summed E-state index contributed by atoms with van der Waals surface area (Å²) in [6.07, 6.45) is 2.00. The summed E-state index contributed by atoms with van der Waals surface area (Å²) < 4.78 is 29.0. The highest BCUT2D eigenvalue weighted by Crippen LogP contribution is 2.20. The average Bonchev–Trinajstić information content (AvgIpc) is 2.56. The number of aromatic nitrogens is 2. The number of imidazole rings is 1. The second-order valence-electron chi connectivity index (χ2n) is 4.90. The predicted octanol–water partition coefficient (Wildman–Crippen LogP) is 4.41. The van der Waals surface area contributed by atoms with Crippen LogP contribution in [0, 0.1) is 22.3 Å². The van der Waals surface area contributed by atoms with E-state index in [0.29, 0.717) is 22.8 Å². The molecule has 1 N–H and O–H groups in total. The van der Waals surface area contributed by atoms with E-state index in [4.69, 9.17) is 12.2 Å². The highest BCUT2D eigenvalue weighted by Gasteiger charge is 2.10. The Bertz CT molecular complexity index is 613. The van der Waals surface area contributed by atoms with Gasteiger partial charge in [-0.15, -0.1) is 0 Å². The Morgan fingerprint density at radius 2 is 2.06 bits per heavy atom. The zero-order valence-corrected chi connectivity index (χ0v) is 11.3. The van der Waals surface area contributed by atoms with Crippen molar-refractivity contribution in [3.05, 3.63) is 28.5 Å². The van der Waals surface area contributed by atoms with Gasteiger partial charge in [0.2, 0.25) is 0 Å². The van der Waals surface area contributed by atoms with Crippen molar-refractivity contribution in [2.75, 3.05) is 0 Å². The third kappa shape index (κ3) is 2.61. The Morgan fingerprint density at radius 3 is 2.72 bits per heavy atom. The molecule has 1 heterocycles. The van der Waals surface area contributed by atoms with Gasteiger partial charge in [0.15, 0.2) is 10.6 Å². The molecule has 0 atom stereocenters. The molecule has 1 aromatic carbocycles. The van der Waals surface area contributed by atoms with Crippen LogP contribution in [0.4, 0.5) is 8.78 Å². The number of H-pyrrole nitrogens is 1. The third-order valence-electron chi connectivity index (χ3n) is 2.97. The maximum absolute atomic E-state index is 13.6. The van der Waals surface area contributed by atoms with Crippen LogP contribution in [0.15, 0.2) is 12.1 Å². The molecule has 0 bridgehead atoms. The first-order valence-corrected chi connectivity index (χ1v) is 6.47. The lowest BCUT2D eigenvalue weighted by atomic mass is 10.1. The fourth-order valence-electron chi connectivity index (χ4n) is 2.06. The fraction of sp³-hybridized carbons (Fsp3) is 0.462. The third-order valence-corrected chi connectivity index (χ3v) is 3.29. The Hall–Kier alpha value is -1.23. The minimum Gasteiger partial charge on any atom is -0.328 e. The van der Waals surface area contributed by atoms with E-state index in [1.54, 1.807) is 4.57 Å². The van der Waals surface area contributed by atoms with Gasteiger partial charge >= 0.3 is 0 Å². The van der Waals surface area contributed by atoms with E-state index in [1.165, 1.54) is 6.07 Å². The molecule has 2 rings (SSSR count). The van der Waals surface area contributed by atoms with E-state index in [2.05, 4.69) is 18.8 Å². The van der Waals surface area contributed by atoms with Crippen molar-refractivity contribution >= 4 is 23.3 Å². The molecule has 1 aromatic heterocycles. The molecule has 0 spiro atoms. The van der Waals surface area contributed by atoms with E-state index in [9.17, 15) is 8.78 Å². The summed E-state index contributed by atoms with van der Waals surface area (Å²) in [4.78, 5) is 2.80. The summed E-state index contributed by atoms with van der Waals surface area (Å²) in [5.41, 5.74) is 0.784. The minimum absolute atomic E-state index is 0.283. The van der Waals surface area contributed by atoms with Gasteiger partial charge in [0.05, 0.1) is 5.52 Å². The quantitative estimate of drug-likeness (QED) is 0.816. The van der Waals surface area contributed by atoms with Crippen molar-refractivity contribution < 1.29 is 8.78 Å². The van der Waals surface area contributed by atoms with Gasteiger partial charge in [0.25, 0.3) is 0 Å². The van der Waals surface area contributed by atoms with Gasteiger partial charge in [-0.05, 0) is 37.0 Å². The van der Waals surface area contributed by atoms with Crippen LogP contribution in [0.3, 0.4) is 0 Å². The first kappa shape index (κ1) is 13.2. The topological polar surface area (TPSA) is 20.7 Å². The smallest absolute Gasteiger partial charge is 0.178 e. The molecule has 98 valence electrons. The Balaban J connectivity index is 2.38. The molecule has 5 heteroatoms. The summed E-state index contributed by atoms with van der Waals surface area (Å²) in [7, 11) is 0. The van der Waals surface area contributed by atoms with Crippen molar-refractivity contribution in [3.8, 4) is 0 Å². The number of hydrogen-bond donors (Lipinski definition) is 1. The largest absolute Gasteiger partial charge is 0.328 e. The number of rotatable bonds is 4. The fourth-order valence-corrected chi connectivity index (χ4v) is 2.35. The molecule has 18 heavy (non-hydrogen) atoms. The van der Waals surface area contributed by atoms with Gasteiger partial charge in [0.1, 0.15) is 11.3 Å². The highest BCUT2D eigenvalue weighted by atomic mass is 32.1. The summed E-state index contributed by atoms with van der Waals surface area (Å²) in [5.74, 6) is -0.567. The van der Waals surface area contributed by atoms with Crippen LogP contribution in [0.5, 0.6) is 0 Å². The molecular formula is C13H16F2N2S. The number of aryl methyl sites for hydroxylation is 1. The van der Waals surface area contributed by atoms with Crippen LogP contribution in [-0.4, -0.2) is 9.55 Å². The standard InChI is InChI=1S/C13H16F2N2S/c1-8(2)4-3-5-17-11-7-9(14)6-10(15)12(11)16-13(17)18/h6-8H,3-5H2,1-2H3,(H,16,18). The van der Waals surface area contributed by atoms with Crippen molar-refractivity contribution in [1.29, 1.82) is 0 Å². The number of nitrogens with one attached hydrogen (secondary N) is 1. The van der Waals surface area contributed by atoms with Gasteiger partial charge in [0, 0.05) is 12.6 Å². The molecule has 0 saturated heterocycles. The van der Waals surface area contributed by atoms with Crippen LogP contribution in [0.1, 0.15) is 26.7 Å². The van der Waals surface area contributed by atoms with E-state index in [-0.39, 0.29) is 5.52 Å². The lowest BCUT2D eigenvalue weighted by Gasteiger charge is -2.06. The first-order chi connectivity index (χ1) is 8.49. The maximum Gasteiger partial charge on any atom is 0.178 e. The Labute approximate surface area is 110 Å². The molecule has 0 aliphatic rings. The van der Waals surface area contributed by atoms with Gasteiger partial charge < -0.3 is 9.55 Å². The zero-order valence-electron chi connectivity index (χ0n) is 10.5. The lowest BCUT2D eigenvalue weighted by Crippen LogP contribution is -2.00. The molecule has 0 aliphatic heterocycles. The first-order valence-electron chi connectivity index (χ1n) is 6.06. The Morgan fingerprint density at radius 1 is 1.33 bits per heavy atom. The van der Waals surface area contributed by atoms with Gasteiger partial charge in [-0.3, -0.25) is 0 Å². The summed E-state index contributed by atoms with van der Waals surface area (Å²) >= 11 is 5.15. The number of nitrogens with zero attached hydrogens (tertiary/aromatic N) is 1. The molecule has 0 fully saturated rings. The molecule has 0 amide bonds. The van der Waals surface area contributed by atoms with E-state index in [0.717, 1.165) is 18.9 Å². The molecule has 2 aromatic rings. The van der Waals surface area contributed by atoms with Crippen LogP contribution < -0.4 is 0 Å². The molecule has 0 aliphatic carbocycles. The number of halogens is 2. The predicted molar refractivity (Wildman–Crippen MR) is 71.1 cm³/mol. The summed E-state index contributed by atoms with van der Waals surface area (Å²) in [6, 6.07) is 2.19. The van der Waals surface area contributed by atoms with Gasteiger partial charge in [-0.1, -0.05) is 13.8 Å². The molecule has 0 unspecified atom stereocenters. The Kier molecular flexibility index (Phi) is 3.80. The molecule has 0 radical (unpaired) electrons. The van der Waals surface area contributed by atoms with E-state index >= 15 is 0 Å². The van der Waals surface area contributed by atoms with Crippen molar-refractivity contribution in [2.45, 2.75) is 33.2 Å². The highest BCUT2D eigenvalue weighted by molar-refractivity contribution is 7.71. The van der Waals surface area contributed by atoms with Gasteiger partial charge in [-0.25, -0.2) is 8.78 Å². The summed E-state index contributed by atoms with van der Waals surface area (Å²) in [6.45, 7) is 4.97. The number of fused-ring (bicyclic) bond motifs is 1. The number of aromatic amines is 1. The summed E-state index contributed by atoms with van der Waals surface area (Å²) in [5, 5.41) is 0. The van der Waals surface area contributed by atoms with Crippen molar-refractivity contribution in [3.63, 3.8) is 0 Å². The van der Waals surface area contributed by atoms with E-state index in [1.807, 2.05) is 0 Å². The van der Waals surface area contributed by atoms with Crippen molar-refractivity contribution in [2.24, 2.45) is 5.92 Å². The van der Waals surface area contributed by atoms with Crippen LogP contribution in [0.2, 0.25) is 0 Å². The number of hydrogen-bond acceptors (Lipinski definition) is 1. The normalized spacial score (nSPS) is 11.6. The van der Waals surface area contributed by atoms with Gasteiger partial charge in [-0.2, -0.15) is 0 Å².